The summed E-state index contributed by atoms with van der Waals surface area (Å²) in [5, 5.41) is 32.9. The zero-order valence-corrected chi connectivity index (χ0v) is 18.9. The number of rotatable bonds is 3. The monoisotopic (exact) mass is 455 g/mol. The van der Waals surface area contributed by atoms with E-state index in [1.807, 2.05) is 6.08 Å². The summed E-state index contributed by atoms with van der Waals surface area (Å²) in [5.74, 6) is -4.26. The largest absolute Gasteiger partial charge is 0.459 e. The second-order valence-corrected chi connectivity index (χ2v) is 8.92. The number of hydrogen-bond acceptors (Lipinski definition) is 10. The Morgan fingerprint density at radius 3 is 2.50 bits per heavy atom. The van der Waals surface area contributed by atoms with Crippen LogP contribution in [0.4, 0.5) is 0 Å². The predicted molar refractivity (Wildman–Crippen MR) is 110 cm³/mol. The first-order chi connectivity index (χ1) is 15.0. The van der Waals surface area contributed by atoms with Crippen LogP contribution in [0.2, 0.25) is 0 Å². The van der Waals surface area contributed by atoms with Gasteiger partial charge in [-0.1, -0.05) is 33.3 Å². The van der Waals surface area contributed by atoms with E-state index in [-0.39, 0.29) is 25.5 Å². The van der Waals surface area contributed by atoms with E-state index >= 15 is 0 Å². The number of ether oxygens (including phenoxy) is 3. The van der Waals surface area contributed by atoms with Crippen LogP contribution in [0.25, 0.3) is 0 Å². The Balaban J connectivity index is 2.02. The third kappa shape index (κ3) is 3.93. The number of carbonyl (C=O) groups excluding carboxylic acids is 3. The van der Waals surface area contributed by atoms with Crippen molar-refractivity contribution >= 4 is 17.9 Å². The number of esters is 3. The van der Waals surface area contributed by atoms with Crippen molar-refractivity contribution in [3.63, 3.8) is 0 Å². The summed E-state index contributed by atoms with van der Waals surface area (Å²) in [5.41, 5.74) is -4.00. The molecule has 0 aliphatic carbocycles. The Kier molecular flexibility index (Phi) is 6.99. The minimum Gasteiger partial charge on any atom is -0.459 e. The molecule has 3 aliphatic heterocycles. The van der Waals surface area contributed by atoms with Gasteiger partial charge in [-0.2, -0.15) is 0 Å². The topological polar surface area (TPSA) is 143 Å². The second-order valence-electron chi connectivity index (χ2n) is 8.92. The molecule has 3 rings (SSSR count). The van der Waals surface area contributed by atoms with Crippen molar-refractivity contribution < 1.29 is 43.9 Å². The molecule has 0 aromatic rings. The molecule has 10 nitrogen and oxygen atoms in total. The van der Waals surface area contributed by atoms with Crippen molar-refractivity contribution in [1.82, 2.24) is 4.90 Å². The van der Waals surface area contributed by atoms with Gasteiger partial charge in [-0.05, 0) is 31.3 Å². The lowest BCUT2D eigenvalue weighted by Crippen LogP contribution is -2.61. The average Bonchev–Trinajstić information content (AvgIpc) is 3.37. The fourth-order valence-corrected chi connectivity index (χ4v) is 4.64. The molecule has 3 N–H and O–H groups in total. The van der Waals surface area contributed by atoms with Gasteiger partial charge in [-0.15, -0.1) is 0 Å². The van der Waals surface area contributed by atoms with E-state index in [1.165, 1.54) is 20.8 Å². The van der Waals surface area contributed by atoms with Crippen LogP contribution < -0.4 is 0 Å². The summed E-state index contributed by atoms with van der Waals surface area (Å²) in [4.78, 5) is 40.6. The minimum absolute atomic E-state index is 0.116. The third-order valence-corrected chi connectivity index (χ3v) is 7.23. The maximum atomic E-state index is 13.1. The Bertz CT molecular complexity index is 798. The highest BCUT2D eigenvalue weighted by atomic mass is 16.6. The molecular formula is C22H33NO9. The third-order valence-electron chi connectivity index (χ3n) is 7.23. The van der Waals surface area contributed by atoms with E-state index < -0.39 is 53.3 Å². The van der Waals surface area contributed by atoms with E-state index in [2.05, 4.69) is 4.90 Å². The first-order valence-corrected chi connectivity index (χ1v) is 11.1. The molecule has 0 aromatic heterocycles. The summed E-state index contributed by atoms with van der Waals surface area (Å²) in [6.45, 7) is 7.12. The van der Waals surface area contributed by atoms with Gasteiger partial charge in [0, 0.05) is 13.1 Å². The lowest BCUT2D eigenvalue weighted by atomic mass is 9.81. The lowest BCUT2D eigenvalue weighted by molar-refractivity contribution is -0.212. The van der Waals surface area contributed by atoms with Crippen molar-refractivity contribution in [3.8, 4) is 0 Å². The van der Waals surface area contributed by atoms with Crippen LogP contribution in [-0.2, 0) is 28.6 Å². The van der Waals surface area contributed by atoms with Crippen molar-refractivity contribution in [2.45, 2.75) is 82.5 Å². The lowest BCUT2D eigenvalue weighted by Gasteiger charge is -2.38. The van der Waals surface area contributed by atoms with Gasteiger partial charge in [0.25, 0.3) is 0 Å². The van der Waals surface area contributed by atoms with Gasteiger partial charge < -0.3 is 29.5 Å². The molecular weight excluding hydrogens is 422 g/mol. The number of nitrogens with zero attached hydrogens (tertiary/aromatic N) is 1. The van der Waals surface area contributed by atoms with Crippen LogP contribution in [0.3, 0.4) is 0 Å². The number of aliphatic hydroxyl groups excluding tert-OH is 1. The summed E-state index contributed by atoms with van der Waals surface area (Å²) < 4.78 is 16.1. The van der Waals surface area contributed by atoms with Gasteiger partial charge in [0.1, 0.15) is 18.8 Å². The molecule has 32 heavy (non-hydrogen) atoms. The first kappa shape index (κ1) is 24.6. The molecule has 2 saturated heterocycles. The summed E-state index contributed by atoms with van der Waals surface area (Å²) >= 11 is 0. The van der Waals surface area contributed by atoms with Crippen LogP contribution in [0, 0.1) is 5.92 Å². The Labute approximate surface area is 187 Å². The molecule has 0 radical (unpaired) electrons. The summed E-state index contributed by atoms with van der Waals surface area (Å²) in [6.07, 6.45) is -1.82. The number of carbonyl (C=O) groups is 3. The zero-order valence-electron chi connectivity index (χ0n) is 18.9. The smallest absolute Gasteiger partial charge is 0.342 e. The van der Waals surface area contributed by atoms with Crippen molar-refractivity contribution in [1.29, 1.82) is 0 Å². The van der Waals surface area contributed by atoms with Crippen molar-refractivity contribution in [2.75, 3.05) is 19.7 Å². The molecule has 0 bridgehead atoms. The maximum Gasteiger partial charge on any atom is 0.342 e. The van der Waals surface area contributed by atoms with E-state index in [0.29, 0.717) is 19.5 Å². The van der Waals surface area contributed by atoms with Gasteiger partial charge in [0.2, 0.25) is 5.60 Å². The van der Waals surface area contributed by atoms with Gasteiger partial charge in [0.05, 0.1) is 6.04 Å². The van der Waals surface area contributed by atoms with E-state index in [0.717, 1.165) is 5.57 Å². The molecule has 7 atom stereocenters. The van der Waals surface area contributed by atoms with Crippen LogP contribution in [0.15, 0.2) is 11.6 Å². The fourth-order valence-electron chi connectivity index (χ4n) is 4.64. The molecule has 0 aromatic carbocycles. The maximum absolute atomic E-state index is 13.1. The zero-order chi connectivity index (χ0) is 23.8. The van der Waals surface area contributed by atoms with Crippen LogP contribution in [-0.4, -0.2) is 93.4 Å². The Hall–Kier alpha value is -2.01. The van der Waals surface area contributed by atoms with Gasteiger partial charge >= 0.3 is 17.9 Å². The molecule has 10 heteroatoms. The highest BCUT2D eigenvalue weighted by Crippen LogP contribution is 2.35. The summed E-state index contributed by atoms with van der Waals surface area (Å²) in [7, 11) is 0. The van der Waals surface area contributed by atoms with Gasteiger partial charge in [-0.25, -0.2) is 14.4 Å². The molecule has 1 unspecified atom stereocenters. The first-order valence-electron chi connectivity index (χ1n) is 11.1. The quantitative estimate of drug-likeness (QED) is 0.294. The summed E-state index contributed by atoms with van der Waals surface area (Å²) in [6, 6.07) is -0.355. The molecule has 180 valence electrons. The predicted octanol–water partition coefficient (Wildman–Crippen LogP) is -0.320. The van der Waals surface area contributed by atoms with Crippen molar-refractivity contribution in [3.05, 3.63) is 11.6 Å². The second kappa shape index (κ2) is 9.09. The number of cyclic esters (lactones) is 2. The van der Waals surface area contributed by atoms with Crippen LogP contribution in [0.1, 0.15) is 47.0 Å². The minimum atomic E-state index is -2.56. The van der Waals surface area contributed by atoms with E-state index in [9.17, 15) is 29.7 Å². The normalized spacial score (nSPS) is 40.0. The number of aliphatic hydroxyl groups is 3. The molecule has 2 fully saturated rings. The Morgan fingerprint density at radius 2 is 1.88 bits per heavy atom. The molecule has 3 heterocycles. The highest BCUT2D eigenvalue weighted by molar-refractivity contribution is 5.90. The molecule has 0 spiro atoms. The fraction of sp³-hybridized carbons (Fsp3) is 0.773. The van der Waals surface area contributed by atoms with Gasteiger partial charge in [-0.3, -0.25) is 4.90 Å². The number of hydrogen-bond donors (Lipinski definition) is 3. The van der Waals surface area contributed by atoms with Crippen LogP contribution in [0.5, 0.6) is 0 Å². The van der Waals surface area contributed by atoms with E-state index in [4.69, 9.17) is 14.2 Å². The molecule has 0 amide bonds. The molecule has 3 aliphatic rings. The average molecular weight is 456 g/mol. The highest BCUT2D eigenvalue weighted by Gasteiger charge is 2.56. The van der Waals surface area contributed by atoms with Crippen molar-refractivity contribution in [2.24, 2.45) is 5.92 Å². The van der Waals surface area contributed by atoms with Gasteiger partial charge in [0.15, 0.2) is 11.7 Å². The van der Waals surface area contributed by atoms with E-state index in [1.54, 1.807) is 6.92 Å². The Morgan fingerprint density at radius 1 is 1.19 bits per heavy atom. The standard InChI is InChI=1S/C22H33NO9/c1-5-12(3)22(29)17(24)18(25)31-13(4)21(28,6-2)19(26)30-11-14-7-9-23-10-8-15(16(14)23)32-20(22)27/h7,12-13,15-17,24,28-29H,5-6,8-11H2,1-4H3/t12?,13-,15-,16-,17-,21+,22-/m1/s1. The SMILES string of the molecule is CCC(C)[C@]1(O)C(=O)O[C@@H]2CCN3CC=C(COC(=O)[C@](O)(CC)[C@@H](C)OC(=O)[C@H]1O)[C@H]23. The molecule has 0 saturated carbocycles. The van der Waals surface area contributed by atoms with Crippen LogP contribution >= 0.6 is 0 Å².